The molecule has 0 saturated carbocycles. The molecule has 126 valence electrons. The Hall–Kier alpha value is -2.96. The first-order chi connectivity index (χ1) is 11.4. The van der Waals surface area contributed by atoms with E-state index in [0.717, 1.165) is 16.9 Å². The lowest BCUT2D eigenvalue weighted by Crippen LogP contribution is -2.25. The van der Waals surface area contributed by atoms with Crippen molar-refractivity contribution >= 4 is 11.6 Å². The third-order valence-corrected chi connectivity index (χ3v) is 3.83. The number of aromatic nitrogens is 1. The van der Waals surface area contributed by atoms with E-state index in [0.29, 0.717) is 11.3 Å². The molecule has 0 atom stereocenters. The fraction of sp³-hybridized carbons (Fsp3) is 0.294. The molecule has 0 saturated heterocycles. The van der Waals surface area contributed by atoms with Gasteiger partial charge < -0.3 is 10.1 Å². The quantitative estimate of drug-likeness (QED) is 0.672. The summed E-state index contributed by atoms with van der Waals surface area (Å²) in [6, 6.07) is 4.66. The van der Waals surface area contributed by atoms with E-state index >= 15 is 0 Å². The van der Waals surface area contributed by atoms with E-state index in [1.807, 2.05) is 13.8 Å². The summed E-state index contributed by atoms with van der Waals surface area (Å²) in [5, 5.41) is 13.9. The molecular formula is C17H19N3O4. The van der Waals surface area contributed by atoms with Crippen LogP contribution < -0.4 is 10.1 Å². The van der Waals surface area contributed by atoms with Crippen molar-refractivity contribution in [2.24, 2.45) is 0 Å². The number of hydrogen-bond donors (Lipinski definition) is 1. The van der Waals surface area contributed by atoms with Crippen LogP contribution in [0.5, 0.6) is 5.75 Å². The highest BCUT2D eigenvalue weighted by atomic mass is 16.6. The van der Waals surface area contributed by atoms with E-state index in [9.17, 15) is 14.9 Å². The summed E-state index contributed by atoms with van der Waals surface area (Å²) in [5.41, 5.74) is 2.69. The maximum absolute atomic E-state index is 12.4. The van der Waals surface area contributed by atoms with Gasteiger partial charge in [0.15, 0.2) is 0 Å². The lowest BCUT2D eigenvalue weighted by molar-refractivity contribution is -0.385. The molecule has 0 spiro atoms. The van der Waals surface area contributed by atoms with Crippen molar-refractivity contribution in [2.45, 2.75) is 27.3 Å². The van der Waals surface area contributed by atoms with E-state index in [-0.39, 0.29) is 17.8 Å². The molecule has 7 nitrogen and oxygen atoms in total. The Morgan fingerprint density at radius 1 is 1.29 bits per heavy atom. The Kier molecular flexibility index (Phi) is 5.13. The van der Waals surface area contributed by atoms with Crippen LogP contribution in [-0.2, 0) is 6.54 Å². The Morgan fingerprint density at radius 3 is 2.62 bits per heavy atom. The van der Waals surface area contributed by atoms with E-state index in [4.69, 9.17) is 4.74 Å². The van der Waals surface area contributed by atoms with Gasteiger partial charge in [0.25, 0.3) is 11.6 Å². The van der Waals surface area contributed by atoms with Gasteiger partial charge in [-0.2, -0.15) is 0 Å². The molecule has 1 N–H and O–H groups in total. The normalized spacial score (nSPS) is 10.3. The van der Waals surface area contributed by atoms with Crippen molar-refractivity contribution in [2.75, 3.05) is 7.11 Å². The number of nitrogens with one attached hydrogen (secondary N) is 1. The van der Waals surface area contributed by atoms with Crippen LogP contribution in [0.15, 0.2) is 24.4 Å². The smallest absolute Gasteiger partial charge is 0.285 e. The van der Waals surface area contributed by atoms with Crippen LogP contribution in [0.1, 0.15) is 32.7 Å². The number of benzene rings is 1. The largest absolute Gasteiger partial charge is 0.496 e. The van der Waals surface area contributed by atoms with Gasteiger partial charge >= 0.3 is 0 Å². The number of hydrogen-bond acceptors (Lipinski definition) is 5. The van der Waals surface area contributed by atoms with Crippen LogP contribution in [0.25, 0.3) is 0 Å². The predicted molar refractivity (Wildman–Crippen MR) is 89.3 cm³/mol. The number of pyridine rings is 1. The fourth-order valence-electron chi connectivity index (χ4n) is 2.59. The zero-order valence-electron chi connectivity index (χ0n) is 14.0. The number of nitrogens with zero attached hydrogens (tertiary/aromatic N) is 2. The molecule has 1 heterocycles. The van der Waals surface area contributed by atoms with Gasteiger partial charge in [-0.3, -0.25) is 19.9 Å². The van der Waals surface area contributed by atoms with E-state index < -0.39 is 10.8 Å². The van der Waals surface area contributed by atoms with Crippen molar-refractivity contribution < 1.29 is 14.5 Å². The van der Waals surface area contributed by atoms with E-state index in [1.54, 1.807) is 32.4 Å². The van der Waals surface area contributed by atoms with Crippen molar-refractivity contribution in [1.82, 2.24) is 10.3 Å². The molecule has 0 bridgehead atoms. The van der Waals surface area contributed by atoms with Gasteiger partial charge in [0.05, 0.1) is 24.3 Å². The number of methoxy groups -OCH3 is 1. The van der Waals surface area contributed by atoms with Crippen molar-refractivity contribution in [3.8, 4) is 5.75 Å². The second-order valence-electron chi connectivity index (χ2n) is 5.46. The number of rotatable bonds is 5. The number of carbonyl (C=O) groups excluding carboxylic acids is 1. The number of amides is 1. The maximum atomic E-state index is 12.4. The molecule has 0 aliphatic carbocycles. The first-order valence-corrected chi connectivity index (χ1v) is 7.38. The molecule has 2 aromatic rings. The number of carbonyl (C=O) groups is 1. The number of ether oxygens (including phenoxy) is 1. The second-order valence-corrected chi connectivity index (χ2v) is 5.46. The highest BCUT2D eigenvalue weighted by Gasteiger charge is 2.22. The molecule has 0 aliphatic heterocycles. The Balaban J connectivity index is 2.24. The Bertz CT molecular complexity index is 803. The summed E-state index contributed by atoms with van der Waals surface area (Å²) >= 11 is 0. The monoisotopic (exact) mass is 329 g/mol. The highest BCUT2D eigenvalue weighted by Crippen LogP contribution is 2.25. The van der Waals surface area contributed by atoms with Crippen molar-refractivity contribution in [1.29, 1.82) is 0 Å². The van der Waals surface area contributed by atoms with Crippen LogP contribution in [0.3, 0.4) is 0 Å². The van der Waals surface area contributed by atoms with Gasteiger partial charge in [-0.1, -0.05) is 12.1 Å². The average molecular weight is 329 g/mol. The topological polar surface area (TPSA) is 94.4 Å². The molecule has 7 heteroatoms. The fourth-order valence-corrected chi connectivity index (χ4v) is 2.59. The van der Waals surface area contributed by atoms with Crippen LogP contribution >= 0.6 is 0 Å². The van der Waals surface area contributed by atoms with Crippen LogP contribution in [-0.4, -0.2) is 22.9 Å². The second kappa shape index (κ2) is 7.08. The number of nitro groups is 1. The minimum absolute atomic E-state index is 0.0386. The third kappa shape index (κ3) is 3.34. The molecule has 0 aliphatic rings. The maximum Gasteiger partial charge on any atom is 0.285 e. The minimum atomic E-state index is -0.539. The molecule has 1 aromatic carbocycles. The SMILES string of the molecule is COc1c(C)cnc(CNC(=O)c2cccc(C)c2[N+](=O)[O-])c1C. The molecule has 0 unspecified atom stereocenters. The van der Waals surface area contributed by atoms with Gasteiger partial charge in [0.2, 0.25) is 0 Å². The summed E-state index contributed by atoms with van der Waals surface area (Å²) < 4.78 is 5.33. The average Bonchev–Trinajstić information content (AvgIpc) is 2.53. The first-order valence-electron chi connectivity index (χ1n) is 7.38. The standard InChI is InChI=1S/C17H19N3O4/c1-10-6-5-7-13(15(10)20(22)23)17(21)19-9-14-12(3)16(24-4)11(2)8-18-14/h5-8H,9H2,1-4H3,(H,19,21). The number of para-hydroxylation sites is 1. The summed E-state index contributed by atoms with van der Waals surface area (Å²) in [5.74, 6) is 0.210. The van der Waals surface area contributed by atoms with E-state index in [2.05, 4.69) is 10.3 Å². The van der Waals surface area contributed by atoms with Crippen molar-refractivity contribution in [3.05, 3.63) is 62.5 Å². The lowest BCUT2D eigenvalue weighted by atomic mass is 10.1. The van der Waals surface area contributed by atoms with Gasteiger partial charge in [0.1, 0.15) is 11.3 Å². The predicted octanol–water partition coefficient (Wildman–Crippen LogP) is 2.85. The zero-order chi connectivity index (χ0) is 17.9. The molecule has 2 rings (SSSR count). The lowest BCUT2D eigenvalue weighted by Gasteiger charge is -2.13. The summed E-state index contributed by atoms with van der Waals surface area (Å²) in [6.45, 7) is 5.50. The zero-order valence-corrected chi connectivity index (χ0v) is 14.0. The number of aryl methyl sites for hydroxylation is 2. The molecule has 1 amide bonds. The van der Waals surface area contributed by atoms with Gasteiger partial charge in [-0.15, -0.1) is 0 Å². The Labute approximate surface area is 139 Å². The number of nitro benzene ring substituents is 1. The van der Waals surface area contributed by atoms with Crippen molar-refractivity contribution in [3.63, 3.8) is 0 Å². The van der Waals surface area contributed by atoms with Gasteiger partial charge in [-0.25, -0.2) is 0 Å². The van der Waals surface area contributed by atoms with Crippen LogP contribution in [0, 0.1) is 30.9 Å². The van der Waals surface area contributed by atoms with Gasteiger partial charge in [0, 0.05) is 22.9 Å². The van der Waals surface area contributed by atoms with Crippen LogP contribution in [0.4, 0.5) is 5.69 Å². The molecule has 0 radical (unpaired) electrons. The summed E-state index contributed by atoms with van der Waals surface area (Å²) in [7, 11) is 1.58. The van der Waals surface area contributed by atoms with E-state index in [1.165, 1.54) is 6.07 Å². The first kappa shape index (κ1) is 17.4. The molecule has 1 aromatic heterocycles. The highest BCUT2D eigenvalue weighted by molar-refractivity contribution is 5.98. The summed E-state index contributed by atoms with van der Waals surface area (Å²) in [6.07, 6.45) is 1.67. The minimum Gasteiger partial charge on any atom is -0.496 e. The molecule has 0 fully saturated rings. The molecular weight excluding hydrogens is 310 g/mol. The third-order valence-electron chi connectivity index (χ3n) is 3.83. The summed E-state index contributed by atoms with van der Waals surface area (Å²) in [4.78, 5) is 27.3. The Morgan fingerprint density at radius 2 is 2.00 bits per heavy atom. The van der Waals surface area contributed by atoms with Crippen LogP contribution in [0.2, 0.25) is 0 Å². The van der Waals surface area contributed by atoms with Gasteiger partial charge in [-0.05, 0) is 26.8 Å². The molecule has 24 heavy (non-hydrogen) atoms.